The SMILES string of the molecule is CC1OCCN(C(=O)[C@H](C)O)C1C. The predicted molar refractivity (Wildman–Crippen MR) is 48.3 cm³/mol. The van der Waals surface area contributed by atoms with Gasteiger partial charge in [-0.25, -0.2) is 0 Å². The predicted octanol–water partition coefficient (Wildman–Crippen LogP) is 0.00300. The maximum atomic E-state index is 11.5. The standard InChI is InChI=1S/C9H17NO3/c1-6-8(3)13-5-4-10(6)9(12)7(2)11/h6-8,11H,4-5H2,1-3H3/t6?,7-,8?/m0/s1. The van der Waals surface area contributed by atoms with E-state index in [-0.39, 0.29) is 18.1 Å². The highest BCUT2D eigenvalue weighted by Gasteiger charge is 2.30. The van der Waals surface area contributed by atoms with E-state index in [0.717, 1.165) is 0 Å². The van der Waals surface area contributed by atoms with Crippen LogP contribution < -0.4 is 0 Å². The summed E-state index contributed by atoms with van der Waals surface area (Å²) in [5, 5.41) is 9.15. The highest BCUT2D eigenvalue weighted by Crippen LogP contribution is 2.14. The van der Waals surface area contributed by atoms with Crippen LogP contribution in [0.4, 0.5) is 0 Å². The molecule has 0 aliphatic carbocycles. The Bertz CT molecular complexity index is 193. The fourth-order valence-electron chi connectivity index (χ4n) is 1.48. The van der Waals surface area contributed by atoms with Crippen LogP contribution in [-0.2, 0) is 9.53 Å². The van der Waals surface area contributed by atoms with Crippen molar-refractivity contribution in [2.24, 2.45) is 0 Å². The molecule has 0 bridgehead atoms. The number of rotatable bonds is 1. The average Bonchev–Trinajstić information content (AvgIpc) is 2.08. The summed E-state index contributed by atoms with van der Waals surface area (Å²) in [5.41, 5.74) is 0. The molecule has 76 valence electrons. The van der Waals surface area contributed by atoms with Crippen molar-refractivity contribution in [1.29, 1.82) is 0 Å². The Morgan fingerprint density at radius 2 is 2.23 bits per heavy atom. The van der Waals surface area contributed by atoms with E-state index >= 15 is 0 Å². The van der Waals surface area contributed by atoms with E-state index in [9.17, 15) is 4.79 Å². The Labute approximate surface area is 78.5 Å². The van der Waals surface area contributed by atoms with E-state index in [0.29, 0.717) is 13.2 Å². The molecule has 1 heterocycles. The van der Waals surface area contributed by atoms with Crippen LogP contribution in [0.3, 0.4) is 0 Å². The van der Waals surface area contributed by atoms with Crippen LogP contribution in [0.1, 0.15) is 20.8 Å². The molecular weight excluding hydrogens is 170 g/mol. The third-order valence-electron chi connectivity index (χ3n) is 2.52. The second kappa shape index (κ2) is 4.07. The van der Waals surface area contributed by atoms with Crippen molar-refractivity contribution in [2.45, 2.75) is 39.0 Å². The first-order valence-electron chi connectivity index (χ1n) is 4.64. The molecule has 4 heteroatoms. The van der Waals surface area contributed by atoms with Gasteiger partial charge in [-0.2, -0.15) is 0 Å². The summed E-state index contributed by atoms with van der Waals surface area (Å²) in [6, 6.07) is 0.0517. The second-order valence-corrected chi connectivity index (χ2v) is 3.52. The van der Waals surface area contributed by atoms with E-state index in [4.69, 9.17) is 9.84 Å². The zero-order valence-electron chi connectivity index (χ0n) is 8.36. The molecule has 4 nitrogen and oxygen atoms in total. The minimum atomic E-state index is -0.909. The topological polar surface area (TPSA) is 49.8 Å². The van der Waals surface area contributed by atoms with Crippen LogP contribution in [0.15, 0.2) is 0 Å². The van der Waals surface area contributed by atoms with E-state index in [1.807, 2.05) is 13.8 Å². The van der Waals surface area contributed by atoms with Gasteiger partial charge in [0.2, 0.25) is 0 Å². The Hall–Kier alpha value is -0.610. The molecule has 0 aromatic heterocycles. The lowest BCUT2D eigenvalue weighted by atomic mass is 10.1. The molecule has 1 aliphatic rings. The molecule has 1 aliphatic heterocycles. The number of aliphatic hydroxyl groups is 1. The molecule has 1 rings (SSSR count). The maximum absolute atomic E-state index is 11.5. The third kappa shape index (κ3) is 2.19. The van der Waals surface area contributed by atoms with Crippen LogP contribution >= 0.6 is 0 Å². The fraction of sp³-hybridized carbons (Fsp3) is 0.889. The van der Waals surface area contributed by atoms with Gasteiger partial charge in [0.15, 0.2) is 0 Å². The average molecular weight is 187 g/mol. The van der Waals surface area contributed by atoms with Crippen molar-refractivity contribution in [3.8, 4) is 0 Å². The van der Waals surface area contributed by atoms with Crippen molar-refractivity contribution in [1.82, 2.24) is 4.90 Å². The molecule has 0 aromatic rings. The summed E-state index contributed by atoms with van der Waals surface area (Å²) < 4.78 is 5.37. The first kappa shape index (κ1) is 10.5. The Kier molecular flexibility index (Phi) is 3.27. The Morgan fingerprint density at radius 3 is 2.77 bits per heavy atom. The van der Waals surface area contributed by atoms with E-state index < -0.39 is 6.10 Å². The zero-order valence-corrected chi connectivity index (χ0v) is 8.36. The largest absolute Gasteiger partial charge is 0.384 e. The minimum absolute atomic E-state index is 0.0517. The summed E-state index contributed by atoms with van der Waals surface area (Å²) in [6.07, 6.45) is -0.857. The van der Waals surface area contributed by atoms with Gasteiger partial charge in [0.1, 0.15) is 6.10 Å². The number of aliphatic hydroxyl groups excluding tert-OH is 1. The molecular formula is C9H17NO3. The third-order valence-corrected chi connectivity index (χ3v) is 2.52. The summed E-state index contributed by atoms with van der Waals surface area (Å²) in [5.74, 6) is -0.206. The van der Waals surface area contributed by atoms with E-state index in [2.05, 4.69) is 0 Å². The van der Waals surface area contributed by atoms with Gasteiger partial charge in [0, 0.05) is 6.54 Å². The first-order valence-corrected chi connectivity index (χ1v) is 4.64. The molecule has 13 heavy (non-hydrogen) atoms. The van der Waals surface area contributed by atoms with Crippen molar-refractivity contribution >= 4 is 5.91 Å². The van der Waals surface area contributed by atoms with Crippen molar-refractivity contribution in [2.75, 3.05) is 13.2 Å². The van der Waals surface area contributed by atoms with Crippen molar-refractivity contribution < 1.29 is 14.6 Å². The molecule has 1 saturated heterocycles. The highest BCUT2D eigenvalue weighted by atomic mass is 16.5. The molecule has 0 radical (unpaired) electrons. The molecule has 3 atom stereocenters. The lowest BCUT2D eigenvalue weighted by Gasteiger charge is -2.38. The van der Waals surface area contributed by atoms with Crippen LogP contribution in [-0.4, -0.2) is 47.3 Å². The normalized spacial score (nSPS) is 31.5. The summed E-state index contributed by atoms with van der Waals surface area (Å²) in [4.78, 5) is 13.2. The van der Waals surface area contributed by atoms with E-state index in [1.54, 1.807) is 4.90 Å². The smallest absolute Gasteiger partial charge is 0.251 e. The number of hydrogen-bond acceptors (Lipinski definition) is 3. The summed E-state index contributed by atoms with van der Waals surface area (Å²) in [7, 11) is 0. The molecule has 1 fully saturated rings. The number of hydrogen-bond donors (Lipinski definition) is 1. The fourth-order valence-corrected chi connectivity index (χ4v) is 1.48. The lowest BCUT2D eigenvalue weighted by Crippen LogP contribution is -2.53. The Balaban J connectivity index is 2.62. The zero-order chi connectivity index (χ0) is 10.0. The van der Waals surface area contributed by atoms with Gasteiger partial charge in [-0.1, -0.05) is 0 Å². The molecule has 1 amide bonds. The molecule has 0 saturated carbocycles. The van der Waals surface area contributed by atoms with Crippen LogP contribution in [0.5, 0.6) is 0 Å². The summed E-state index contributed by atoms with van der Waals surface area (Å²) in [6.45, 7) is 6.50. The number of amides is 1. The molecule has 2 unspecified atom stereocenters. The number of carbonyl (C=O) groups excluding carboxylic acids is 1. The van der Waals surface area contributed by atoms with Crippen molar-refractivity contribution in [3.05, 3.63) is 0 Å². The van der Waals surface area contributed by atoms with Gasteiger partial charge >= 0.3 is 0 Å². The van der Waals surface area contributed by atoms with Gasteiger partial charge in [0.25, 0.3) is 5.91 Å². The van der Waals surface area contributed by atoms with Crippen molar-refractivity contribution in [3.63, 3.8) is 0 Å². The lowest BCUT2D eigenvalue weighted by molar-refractivity contribution is -0.151. The minimum Gasteiger partial charge on any atom is -0.384 e. The van der Waals surface area contributed by atoms with E-state index in [1.165, 1.54) is 6.92 Å². The van der Waals surface area contributed by atoms with Crippen LogP contribution in [0, 0.1) is 0 Å². The quantitative estimate of drug-likeness (QED) is 0.628. The molecule has 0 spiro atoms. The molecule has 0 aromatic carbocycles. The number of morpholine rings is 1. The van der Waals surface area contributed by atoms with Gasteiger partial charge < -0.3 is 14.7 Å². The maximum Gasteiger partial charge on any atom is 0.251 e. The van der Waals surface area contributed by atoms with Gasteiger partial charge in [-0.05, 0) is 20.8 Å². The number of ether oxygens (including phenoxy) is 1. The second-order valence-electron chi connectivity index (χ2n) is 3.52. The van der Waals surface area contributed by atoms with Gasteiger partial charge in [-0.15, -0.1) is 0 Å². The number of carbonyl (C=O) groups is 1. The van der Waals surface area contributed by atoms with Crippen LogP contribution in [0.2, 0.25) is 0 Å². The summed E-state index contributed by atoms with van der Waals surface area (Å²) >= 11 is 0. The Morgan fingerprint density at radius 1 is 1.62 bits per heavy atom. The van der Waals surface area contributed by atoms with Gasteiger partial charge in [-0.3, -0.25) is 4.79 Å². The molecule has 1 N–H and O–H groups in total. The van der Waals surface area contributed by atoms with Gasteiger partial charge in [0.05, 0.1) is 18.8 Å². The highest BCUT2D eigenvalue weighted by molar-refractivity contribution is 5.80. The first-order chi connectivity index (χ1) is 6.04. The number of nitrogens with zero attached hydrogens (tertiary/aromatic N) is 1. The van der Waals surface area contributed by atoms with Crippen LogP contribution in [0.25, 0.3) is 0 Å². The monoisotopic (exact) mass is 187 g/mol.